The minimum atomic E-state index is 0.894. The van der Waals surface area contributed by atoms with Crippen LogP contribution in [0.1, 0.15) is 23.4 Å². The second kappa shape index (κ2) is 7.09. The van der Waals surface area contributed by atoms with Crippen LogP contribution in [0.2, 0.25) is 0 Å². The maximum Gasteiger partial charge on any atom is 0.205 e. The van der Waals surface area contributed by atoms with Gasteiger partial charge in [-0.05, 0) is 37.0 Å². The molecule has 0 aliphatic rings. The first-order chi connectivity index (χ1) is 9.31. The van der Waals surface area contributed by atoms with Crippen molar-refractivity contribution in [2.75, 3.05) is 19.5 Å². The third-order valence-corrected chi connectivity index (χ3v) is 3.95. The maximum absolute atomic E-state index is 5.15. The van der Waals surface area contributed by atoms with Gasteiger partial charge in [0, 0.05) is 13.5 Å². The largest absolute Gasteiger partial charge is 0.497 e. The zero-order chi connectivity index (χ0) is 13.5. The second-order valence-corrected chi connectivity index (χ2v) is 5.37. The molecule has 0 amide bonds. The van der Waals surface area contributed by atoms with Crippen molar-refractivity contribution in [3.05, 3.63) is 34.8 Å². The van der Waals surface area contributed by atoms with E-state index in [0.29, 0.717) is 0 Å². The number of nitrogens with zero attached hydrogens (tertiary/aromatic N) is 2. The predicted octanol–water partition coefficient (Wildman–Crippen LogP) is 3.15. The monoisotopic (exact) mass is 277 g/mol. The number of benzene rings is 1. The maximum atomic E-state index is 5.15. The predicted molar refractivity (Wildman–Crippen MR) is 79.1 cm³/mol. The summed E-state index contributed by atoms with van der Waals surface area (Å²) >= 11 is 1.63. The van der Waals surface area contributed by atoms with Crippen LogP contribution in [0.3, 0.4) is 0 Å². The van der Waals surface area contributed by atoms with E-state index < -0.39 is 0 Å². The Morgan fingerprint density at radius 3 is 2.47 bits per heavy atom. The summed E-state index contributed by atoms with van der Waals surface area (Å²) < 4.78 is 5.15. The van der Waals surface area contributed by atoms with E-state index >= 15 is 0 Å². The van der Waals surface area contributed by atoms with E-state index in [2.05, 4.69) is 27.6 Å². The van der Waals surface area contributed by atoms with Crippen molar-refractivity contribution in [2.45, 2.75) is 25.7 Å². The molecule has 0 fully saturated rings. The van der Waals surface area contributed by atoms with E-state index in [0.717, 1.165) is 35.2 Å². The number of rotatable bonds is 7. The number of nitrogens with one attached hydrogen (secondary N) is 1. The van der Waals surface area contributed by atoms with Crippen LogP contribution in [-0.2, 0) is 12.8 Å². The number of unbranched alkanes of at least 4 members (excludes halogenated alkanes) is 1. The van der Waals surface area contributed by atoms with E-state index in [9.17, 15) is 0 Å². The molecular weight excluding hydrogens is 258 g/mol. The Morgan fingerprint density at radius 1 is 1.11 bits per heavy atom. The molecule has 2 aromatic rings. The molecular formula is C14H19N3OS. The van der Waals surface area contributed by atoms with E-state index in [1.807, 2.05) is 19.2 Å². The van der Waals surface area contributed by atoms with Gasteiger partial charge in [0.15, 0.2) is 0 Å². The van der Waals surface area contributed by atoms with Gasteiger partial charge >= 0.3 is 0 Å². The fraction of sp³-hybridized carbons (Fsp3) is 0.429. The molecule has 0 saturated heterocycles. The van der Waals surface area contributed by atoms with Crippen molar-refractivity contribution in [1.82, 2.24) is 10.2 Å². The molecule has 1 aromatic carbocycles. The number of hydrogen-bond acceptors (Lipinski definition) is 5. The third-order valence-electron chi connectivity index (χ3n) is 2.95. The number of hydrogen-bond donors (Lipinski definition) is 1. The highest BCUT2D eigenvalue weighted by Gasteiger charge is 2.02. The molecule has 1 heterocycles. The number of aromatic nitrogens is 2. The van der Waals surface area contributed by atoms with Gasteiger partial charge in [-0.25, -0.2) is 0 Å². The van der Waals surface area contributed by atoms with Gasteiger partial charge in [-0.15, -0.1) is 10.2 Å². The lowest BCUT2D eigenvalue weighted by Gasteiger charge is -2.03. The first-order valence-corrected chi connectivity index (χ1v) is 7.26. The molecule has 2 rings (SSSR count). The van der Waals surface area contributed by atoms with E-state index in [1.165, 1.54) is 12.0 Å². The minimum absolute atomic E-state index is 0.894. The average molecular weight is 277 g/mol. The number of ether oxygens (including phenoxy) is 1. The van der Waals surface area contributed by atoms with Gasteiger partial charge in [-0.2, -0.15) is 0 Å². The molecule has 0 aliphatic carbocycles. The fourth-order valence-corrected chi connectivity index (χ4v) is 2.59. The molecule has 4 nitrogen and oxygen atoms in total. The quantitative estimate of drug-likeness (QED) is 0.790. The molecule has 1 N–H and O–H groups in total. The number of aryl methyl sites for hydroxylation is 2. The Hall–Kier alpha value is -1.62. The molecule has 0 radical (unpaired) electrons. The Bertz CT molecular complexity index is 496. The molecule has 0 spiro atoms. The smallest absolute Gasteiger partial charge is 0.205 e. The van der Waals surface area contributed by atoms with Crippen molar-refractivity contribution in [3.8, 4) is 5.75 Å². The molecule has 0 bridgehead atoms. The molecule has 0 unspecified atom stereocenters. The lowest BCUT2D eigenvalue weighted by Crippen LogP contribution is -1.90. The van der Waals surface area contributed by atoms with Gasteiger partial charge in [0.2, 0.25) is 5.13 Å². The van der Waals surface area contributed by atoms with Crippen molar-refractivity contribution < 1.29 is 4.74 Å². The Morgan fingerprint density at radius 2 is 1.84 bits per heavy atom. The highest BCUT2D eigenvalue weighted by Crippen LogP contribution is 2.17. The molecule has 0 aliphatic heterocycles. The minimum Gasteiger partial charge on any atom is -0.497 e. The van der Waals surface area contributed by atoms with Crippen molar-refractivity contribution in [3.63, 3.8) is 0 Å². The normalized spacial score (nSPS) is 10.4. The van der Waals surface area contributed by atoms with Crippen molar-refractivity contribution >= 4 is 16.5 Å². The number of anilines is 1. The summed E-state index contributed by atoms with van der Waals surface area (Å²) in [5.74, 6) is 0.914. The SMILES string of the molecule is CNc1nnc(CCCCc2ccc(OC)cc2)s1. The molecule has 0 atom stereocenters. The average Bonchev–Trinajstić information content (AvgIpc) is 2.92. The summed E-state index contributed by atoms with van der Waals surface area (Å²) in [5, 5.41) is 13.2. The lowest BCUT2D eigenvalue weighted by molar-refractivity contribution is 0.414. The van der Waals surface area contributed by atoms with E-state index in [-0.39, 0.29) is 0 Å². The summed E-state index contributed by atoms with van der Waals surface area (Å²) in [6.07, 6.45) is 4.42. The first kappa shape index (κ1) is 13.8. The van der Waals surface area contributed by atoms with Gasteiger partial charge < -0.3 is 10.1 Å². The van der Waals surface area contributed by atoms with Crippen LogP contribution in [0, 0.1) is 0 Å². The van der Waals surface area contributed by atoms with Crippen LogP contribution < -0.4 is 10.1 Å². The van der Waals surface area contributed by atoms with Crippen LogP contribution in [0.5, 0.6) is 5.75 Å². The Balaban J connectivity index is 1.71. The summed E-state index contributed by atoms with van der Waals surface area (Å²) in [5.41, 5.74) is 1.36. The van der Waals surface area contributed by atoms with Crippen LogP contribution in [-0.4, -0.2) is 24.4 Å². The fourth-order valence-electron chi connectivity index (χ4n) is 1.85. The summed E-state index contributed by atoms with van der Waals surface area (Å²) in [6, 6.07) is 8.28. The van der Waals surface area contributed by atoms with Gasteiger partial charge in [-0.3, -0.25) is 0 Å². The highest BCUT2D eigenvalue weighted by molar-refractivity contribution is 7.15. The van der Waals surface area contributed by atoms with Gasteiger partial charge in [0.1, 0.15) is 10.8 Å². The summed E-state index contributed by atoms with van der Waals surface area (Å²) in [6.45, 7) is 0. The van der Waals surface area contributed by atoms with Crippen LogP contribution in [0.15, 0.2) is 24.3 Å². The number of methoxy groups -OCH3 is 1. The molecule has 102 valence electrons. The zero-order valence-corrected chi connectivity index (χ0v) is 12.2. The Labute approximate surface area is 117 Å². The van der Waals surface area contributed by atoms with Gasteiger partial charge in [0.25, 0.3) is 0 Å². The van der Waals surface area contributed by atoms with Crippen molar-refractivity contribution in [1.29, 1.82) is 0 Å². The Kier molecular flexibility index (Phi) is 5.15. The van der Waals surface area contributed by atoms with Gasteiger partial charge in [-0.1, -0.05) is 23.5 Å². The lowest BCUT2D eigenvalue weighted by atomic mass is 10.1. The third kappa shape index (κ3) is 4.21. The first-order valence-electron chi connectivity index (χ1n) is 6.45. The summed E-state index contributed by atoms with van der Waals surface area (Å²) in [4.78, 5) is 0. The molecule has 19 heavy (non-hydrogen) atoms. The van der Waals surface area contributed by atoms with E-state index in [4.69, 9.17) is 4.74 Å². The molecule has 5 heteroatoms. The van der Waals surface area contributed by atoms with Crippen molar-refractivity contribution in [2.24, 2.45) is 0 Å². The van der Waals surface area contributed by atoms with Crippen LogP contribution in [0.25, 0.3) is 0 Å². The standard InChI is InChI=1S/C14H19N3OS/c1-15-14-17-16-13(19-14)6-4-3-5-11-7-9-12(18-2)10-8-11/h7-10H,3-6H2,1-2H3,(H,15,17). The molecule has 1 aromatic heterocycles. The topological polar surface area (TPSA) is 47.0 Å². The second-order valence-electron chi connectivity index (χ2n) is 4.31. The highest BCUT2D eigenvalue weighted by atomic mass is 32.1. The van der Waals surface area contributed by atoms with Crippen LogP contribution in [0.4, 0.5) is 5.13 Å². The van der Waals surface area contributed by atoms with Gasteiger partial charge in [0.05, 0.1) is 7.11 Å². The zero-order valence-electron chi connectivity index (χ0n) is 11.3. The van der Waals surface area contributed by atoms with E-state index in [1.54, 1.807) is 18.4 Å². The summed E-state index contributed by atoms with van der Waals surface area (Å²) in [7, 11) is 3.56. The molecule has 0 saturated carbocycles. The van der Waals surface area contributed by atoms with Crippen LogP contribution >= 0.6 is 11.3 Å².